The van der Waals surface area contributed by atoms with Gasteiger partial charge in [-0.1, -0.05) is 29.8 Å². The molecule has 86 valence electrons. The number of carboxylic acid groups (broad SMARTS) is 1. The van der Waals surface area contributed by atoms with Crippen LogP contribution in [-0.4, -0.2) is 23.6 Å². The molecule has 0 aliphatic heterocycles. The van der Waals surface area contributed by atoms with Gasteiger partial charge < -0.3 is 15.6 Å². The summed E-state index contributed by atoms with van der Waals surface area (Å²) in [5.41, 5.74) is 6.72. The lowest BCUT2D eigenvalue weighted by Crippen LogP contribution is -2.25. The second kappa shape index (κ2) is 5.27. The third kappa shape index (κ3) is 3.36. The molecule has 3 N–H and O–H groups in total. The molecular formula is C11H13NO4. The minimum atomic E-state index is -1.14. The third-order valence-corrected chi connectivity index (χ3v) is 2.01. The molecule has 0 heterocycles. The summed E-state index contributed by atoms with van der Waals surface area (Å²) < 4.78 is 4.92. The van der Waals surface area contributed by atoms with Crippen LogP contribution in [0.25, 0.3) is 0 Å². The number of carbonyl (C=O) groups is 2. The van der Waals surface area contributed by atoms with E-state index >= 15 is 0 Å². The topological polar surface area (TPSA) is 89.6 Å². The quantitative estimate of drug-likeness (QED) is 0.765. The zero-order valence-electron chi connectivity index (χ0n) is 8.84. The molecule has 1 aromatic rings. The molecule has 0 aliphatic rings. The van der Waals surface area contributed by atoms with Crippen molar-refractivity contribution in [3.63, 3.8) is 0 Å². The molecule has 0 aromatic heterocycles. The van der Waals surface area contributed by atoms with Crippen molar-refractivity contribution < 1.29 is 19.4 Å². The van der Waals surface area contributed by atoms with Gasteiger partial charge in [-0.05, 0) is 12.5 Å². The van der Waals surface area contributed by atoms with Gasteiger partial charge in [0.25, 0.3) is 5.91 Å². The molecule has 5 nitrogen and oxygen atoms in total. The van der Waals surface area contributed by atoms with E-state index in [-0.39, 0.29) is 0 Å². The first-order valence-corrected chi connectivity index (χ1v) is 4.70. The fourth-order valence-corrected chi connectivity index (χ4v) is 1.24. The van der Waals surface area contributed by atoms with E-state index in [0.717, 1.165) is 5.56 Å². The molecule has 0 spiro atoms. The van der Waals surface area contributed by atoms with Crippen LogP contribution in [0.1, 0.15) is 17.2 Å². The number of carbonyl (C=O) groups excluding carboxylic acids is 1. The number of benzene rings is 1. The molecule has 1 aromatic carbocycles. The molecule has 0 aliphatic carbocycles. The van der Waals surface area contributed by atoms with Gasteiger partial charge in [0.05, 0.1) is 0 Å². The molecular weight excluding hydrogens is 210 g/mol. The Morgan fingerprint density at radius 1 is 1.38 bits per heavy atom. The zero-order valence-corrected chi connectivity index (χ0v) is 8.84. The van der Waals surface area contributed by atoms with Gasteiger partial charge in [0.1, 0.15) is 6.61 Å². The number of nitrogens with two attached hydrogens (primary N) is 1. The maximum absolute atomic E-state index is 11.1. The van der Waals surface area contributed by atoms with E-state index in [9.17, 15) is 9.59 Å². The van der Waals surface area contributed by atoms with Gasteiger partial charge in [-0.15, -0.1) is 0 Å². The van der Waals surface area contributed by atoms with Crippen LogP contribution in [0.5, 0.6) is 0 Å². The number of hydrogen-bond acceptors (Lipinski definition) is 3. The van der Waals surface area contributed by atoms with Crippen LogP contribution in [0.15, 0.2) is 24.3 Å². The Morgan fingerprint density at radius 2 is 1.94 bits per heavy atom. The molecule has 1 rings (SSSR count). The highest BCUT2D eigenvalue weighted by atomic mass is 16.5. The van der Waals surface area contributed by atoms with Crippen LogP contribution in [0, 0.1) is 6.92 Å². The van der Waals surface area contributed by atoms with Crippen molar-refractivity contribution in [2.75, 3.05) is 6.61 Å². The van der Waals surface area contributed by atoms with Crippen molar-refractivity contribution in [2.24, 2.45) is 5.73 Å². The lowest BCUT2D eigenvalue weighted by atomic mass is 10.1. The summed E-state index contributed by atoms with van der Waals surface area (Å²) in [6, 6.07) is 6.98. The summed E-state index contributed by atoms with van der Waals surface area (Å²) in [4.78, 5) is 21.4. The van der Waals surface area contributed by atoms with Crippen molar-refractivity contribution in [2.45, 2.75) is 13.0 Å². The zero-order chi connectivity index (χ0) is 12.1. The van der Waals surface area contributed by atoms with Gasteiger partial charge in [0.15, 0.2) is 6.10 Å². The SMILES string of the molecule is Cc1ccc(C(OCC(=O)O)C(N)=O)cc1. The lowest BCUT2D eigenvalue weighted by Gasteiger charge is -2.13. The summed E-state index contributed by atoms with van der Waals surface area (Å²) in [5, 5.41) is 8.46. The van der Waals surface area contributed by atoms with Crippen LogP contribution < -0.4 is 5.73 Å². The highest BCUT2D eigenvalue weighted by Crippen LogP contribution is 2.17. The van der Waals surface area contributed by atoms with Crippen molar-refractivity contribution in [3.8, 4) is 0 Å². The molecule has 0 saturated carbocycles. The number of hydrogen-bond donors (Lipinski definition) is 2. The maximum atomic E-state index is 11.1. The van der Waals surface area contributed by atoms with Gasteiger partial charge in [0, 0.05) is 0 Å². The first-order chi connectivity index (χ1) is 7.50. The fourth-order valence-electron chi connectivity index (χ4n) is 1.24. The Kier molecular flexibility index (Phi) is 4.02. The van der Waals surface area contributed by atoms with Gasteiger partial charge in [-0.2, -0.15) is 0 Å². The van der Waals surface area contributed by atoms with Crippen molar-refractivity contribution in [1.82, 2.24) is 0 Å². The van der Waals surface area contributed by atoms with Crippen molar-refractivity contribution in [1.29, 1.82) is 0 Å². The highest BCUT2D eigenvalue weighted by Gasteiger charge is 2.19. The smallest absolute Gasteiger partial charge is 0.329 e. The van der Waals surface area contributed by atoms with Crippen LogP contribution in [-0.2, 0) is 14.3 Å². The average molecular weight is 223 g/mol. The van der Waals surface area contributed by atoms with Gasteiger partial charge >= 0.3 is 5.97 Å². The molecule has 1 unspecified atom stereocenters. The minimum Gasteiger partial charge on any atom is -0.480 e. The molecule has 16 heavy (non-hydrogen) atoms. The van der Waals surface area contributed by atoms with Crippen LogP contribution in [0.4, 0.5) is 0 Å². The number of aryl methyl sites for hydroxylation is 1. The minimum absolute atomic E-state index is 0.554. The van der Waals surface area contributed by atoms with Gasteiger partial charge in [-0.25, -0.2) is 4.79 Å². The van der Waals surface area contributed by atoms with E-state index in [2.05, 4.69) is 0 Å². The standard InChI is InChI=1S/C11H13NO4/c1-7-2-4-8(5-3-7)10(11(12)15)16-6-9(13)14/h2-5,10H,6H2,1H3,(H2,12,15)(H,13,14). The first-order valence-electron chi connectivity index (χ1n) is 4.70. The molecule has 0 bridgehead atoms. The van der Waals surface area contributed by atoms with Crippen LogP contribution in [0.3, 0.4) is 0 Å². The summed E-state index contributed by atoms with van der Waals surface area (Å²) in [6.07, 6.45) is -1.02. The second-order valence-electron chi connectivity index (χ2n) is 3.40. The van der Waals surface area contributed by atoms with E-state index in [1.165, 1.54) is 0 Å². The first kappa shape index (κ1) is 12.2. The van der Waals surface area contributed by atoms with Gasteiger partial charge in [-0.3, -0.25) is 4.79 Å². The number of rotatable bonds is 5. The number of ether oxygens (including phenoxy) is 1. The maximum Gasteiger partial charge on any atom is 0.329 e. The number of primary amides is 1. The van der Waals surface area contributed by atoms with Gasteiger partial charge in [0.2, 0.25) is 0 Å². The Labute approximate surface area is 92.8 Å². The largest absolute Gasteiger partial charge is 0.480 e. The highest BCUT2D eigenvalue weighted by molar-refractivity contribution is 5.80. The molecule has 5 heteroatoms. The van der Waals surface area contributed by atoms with Crippen molar-refractivity contribution in [3.05, 3.63) is 35.4 Å². The summed E-state index contributed by atoms with van der Waals surface area (Å²) >= 11 is 0. The molecule has 1 atom stereocenters. The van der Waals surface area contributed by atoms with E-state index < -0.39 is 24.6 Å². The van der Waals surface area contributed by atoms with Crippen molar-refractivity contribution >= 4 is 11.9 Å². The Balaban J connectivity index is 2.81. The predicted molar refractivity (Wildman–Crippen MR) is 56.7 cm³/mol. The molecule has 0 radical (unpaired) electrons. The summed E-state index contributed by atoms with van der Waals surface area (Å²) in [7, 11) is 0. The molecule has 0 fully saturated rings. The summed E-state index contributed by atoms with van der Waals surface area (Å²) in [6.45, 7) is 1.35. The Bertz CT molecular complexity index is 385. The van der Waals surface area contributed by atoms with E-state index in [1.54, 1.807) is 24.3 Å². The van der Waals surface area contributed by atoms with E-state index in [1.807, 2.05) is 6.92 Å². The summed E-state index contributed by atoms with van der Waals surface area (Å²) in [5.74, 6) is -1.84. The van der Waals surface area contributed by atoms with Crippen LogP contribution >= 0.6 is 0 Å². The normalized spacial score (nSPS) is 12.1. The second-order valence-corrected chi connectivity index (χ2v) is 3.40. The third-order valence-electron chi connectivity index (χ3n) is 2.01. The predicted octanol–water partition coefficient (Wildman–Crippen LogP) is 0.623. The monoisotopic (exact) mass is 223 g/mol. The Morgan fingerprint density at radius 3 is 2.38 bits per heavy atom. The van der Waals surface area contributed by atoms with Crippen LogP contribution in [0.2, 0.25) is 0 Å². The number of amides is 1. The number of aliphatic carboxylic acids is 1. The molecule has 0 saturated heterocycles. The van der Waals surface area contributed by atoms with E-state index in [0.29, 0.717) is 5.56 Å². The fraction of sp³-hybridized carbons (Fsp3) is 0.273. The molecule has 1 amide bonds. The Hall–Kier alpha value is -1.88. The lowest BCUT2D eigenvalue weighted by molar-refractivity contribution is -0.147. The average Bonchev–Trinajstić information content (AvgIpc) is 2.20. The number of carboxylic acids is 1. The van der Waals surface area contributed by atoms with E-state index in [4.69, 9.17) is 15.6 Å².